The van der Waals surface area contributed by atoms with Crippen LogP contribution in [0, 0.1) is 20.2 Å². The Balaban J connectivity index is 1.83. The van der Waals surface area contributed by atoms with Crippen LogP contribution in [0.2, 0.25) is 0 Å². The number of nitro groups is 2. The Morgan fingerprint density at radius 3 is 2.06 bits per heavy atom. The molecule has 2 heterocycles. The predicted octanol–water partition coefficient (Wildman–Crippen LogP) is 3.69. The minimum atomic E-state index is -0.532. The van der Waals surface area contributed by atoms with Gasteiger partial charge in [-0.25, -0.2) is 18.8 Å². The zero-order valence-electron chi connectivity index (χ0n) is 17.3. The van der Waals surface area contributed by atoms with Gasteiger partial charge in [-0.2, -0.15) is 4.98 Å². The number of benzene rings is 2. The van der Waals surface area contributed by atoms with Gasteiger partial charge in [-0.1, -0.05) is 24.3 Å². The van der Waals surface area contributed by atoms with Gasteiger partial charge in [0, 0.05) is 29.7 Å². The Morgan fingerprint density at radius 1 is 0.794 bits per heavy atom. The summed E-state index contributed by atoms with van der Waals surface area (Å²) in [7, 11) is 0. The minimum absolute atomic E-state index is 0.0207. The molecule has 11 nitrogen and oxygen atoms in total. The summed E-state index contributed by atoms with van der Waals surface area (Å²) in [6, 6.07) is 21.8. The molecule has 0 fully saturated rings. The van der Waals surface area contributed by atoms with Crippen molar-refractivity contribution in [1.82, 2.24) is 14.0 Å². The molecule has 0 radical (unpaired) electrons. The summed E-state index contributed by atoms with van der Waals surface area (Å²) in [5.41, 5.74) is 1.000. The first-order valence-electron chi connectivity index (χ1n) is 10.00. The predicted molar refractivity (Wildman–Crippen MR) is 123 cm³/mol. The molecule has 0 aliphatic carbocycles. The van der Waals surface area contributed by atoms with Crippen molar-refractivity contribution in [2.24, 2.45) is 4.99 Å². The lowest BCUT2D eigenvalue weighted by molar-refractivity contribution is -0.385. The number of hydrogen-bond donors (Lipinski definition) is 0. The maximum absolute atomic E-state index is 13.7. The normalized spacial score (nSPS) is 11.7. The fraction of sp³-hybridized carbons (Fsp3) is 0. The third-order valence-electron chi connectivity index (χ3n) is 5.21. The van der Waals surface area contributed by atoms with Crippen LogP contribution in [0.1, 0.15) is 0 Å². The van der Waals surface area contributed by atoms with Crippen LogP contribution in [-0.2, 0) is 0 Å². The van der Waals surface area contributed by atoms with E-state index >= 15 is 0 Å². The fourth-order valence-electron chi connectivity index (χ4n) is 3.61. The zero-order chi connectivity index (χ0) is 23.8. The molecule has 0 bridgehead atoms. The van der Waals surface area contributed by atoms with E-state index < -0.39 is 15.5 Å². The number of rotatable bonds is 4. The van der Waals surface area contributed by atoms with E-state index in [4.69, 9.17) is 0 Å². The number of non-ortho nitro benzene ring substituents is 2. The standard InChI is InChI=1S/C23H14N6O5/c30-23-26(17-10-12-19(13-11-17)29(33)34)22(24-16-6-8-18(9-7-16)28(31)32)25-21-14-15-4-2-1-3-5-20(15)27(21)23/h1-14H. The molecule has 0 atom stereocenters. The topological polar surface area (TPSA) is 138 Å². The molecule has 34 heavy (non-hydrogen) atoms. The highest BCUT2D eigenvalue weighted by atomic mass is 16.6. The number of aromatic nitrogens is 3. The van der Waals surface area contributed by atoms with Gasteiger partial charge < -0.3 is 0 Å². The summed E-state index contributed by atoms with van der Waals surface area (Å²) < 4.78 is 2.68. The smallest absolute Gasteiger partial charge is 0.258 e. The van der Waals surface area contributed by atoms with Gasteiger partial charge in [0.05, 0.1) is 26.7 Å². The molecule has 166 valence electrons. The Kier molecular flexibility index (Phi) is 4.90. The quantitative estimate of drug-likeness (QED) is 0.300. The van der Waals surface area contributed by atoms with Crippen molar-refractivity contribution in [2.45, 2.75) is 0 Å². The van der Waals surface area contributed by atoms with Crippen LogP contribution in [0.25, 0.3) is 22.2 Å². The van der Waals surface area contributed by atoms with E-state index in [0.29, 0.717) is 22.5 Å². The van der Waals surface area contributed by atoms with E-state index in [1.165, 1.54) is 57.5 Å². The number of hydrogen-bond acceptors (Lipinski definition) is 7. The largest absolute Gasteiger partial charge is 0.341 e. The maximum atomic E-state index is 13.7. The van der Waals surface area contributed by atoms with E-state index in [-0.39, 0.29) is 17.0 Å². The molecule has 5 aromatic rings. The highest BCUT2D eigenvalue weighted by molar-refractivity contribution is 5.85. The molecule has 0 saturated carbocycles. The molecular formula is C23H14N6O5. The molecule has 2 aromatic heterocycles. The van der Waals surface area contributed by atoms with Gasteiger partial charge in [0.15, 0.2) is 0 Å². The van der Waals surface area contributed by atoms with E-state index in [1.54, 1.807) is 18.2 Å². The van der Waals surface area contributed by atoms with Crippen molar-refractivity contribution in [3.8, 4) is 5.69 Å². The first kappa shape index (κ1) is 20.7. The van der Waals surface area contributed by atoms with Crippen molar-refractivity contribution in [3.63, 3.8) is 0 Å². The van der Waals surface area contributed by atoms with Crippen LogP contribution in [0.4, 0.5) is 17.1 Å². The van der Waals surface area contributed by atoms with Gasteiger partial charge in [0.1, 0.15) is 5.65 Å². The monoisotopic (exact) mass is 454 g/mol. The first-order valence-corrected chi connectivity index (χ1v) is 10.00. The summed E-state index contributed by atoms with van der Waals surface area (Å²) >= 11 is 0. The van der Waals surface area contributed by atoms with Crippen molar-refractivity contribution >= 4 is 33.6 Å². The van der Waals surface area contributed by atoms with Crippen LogP contribution in [0.3, 0.4) is 0 Å². The molecular weight excluding hydrogens is 440 g/mol. The molecule has 5 rings (SSSR count). The van der Waals surface area contributed by atoms with E-state index in [0.717, 1.165) is 5.39 Å². The molecule has 0 spiro atoms. The first-order chi connectivity index (χ1) is 16.4. The van der Waals surface area contributed by atoms with Crippen LogP contribution >= 0.6 is 0 Å². The molecule has 0 saturated heterocycles. The summed E-state index contributed by atoms with van der Waals surface area (Å²) in [4.78, 5) is 43.7. The minimum Gasteiger partial charge on any atom is -0.258 e. The van der Waals surface area contributed by atoms with Crippen molar-refractivity contribution in [2.75, 3.05) is 0 Å². The summed E-state index contributed by atoms with van der Waals surface area (Å²) in [5, 5.41) is 22.8. The SMILES string of the molecule is O=c1n(-c2ccc([N+](=O)[O-])cc2)c(=Nc2ccc([N+](=O)[O-])cc2)nc2cc3cccccc3n12. The maximum Gasteiger partial charge on any atom is 0.341 e. The summed E-state index contributed by atoms with van der Waals surface area (Å²) in [6.45, 7) is 0. The second kappa shape index (κ2) is 8.06. The van der Waals surface area contributed by atoms with E-state index in [1.807, 2.05) is 18.2 Å². The van der Waals surface area contributed by atoms with Crippen molar-refractivity contribution < 1.29 is 9.85 Å². The van der Waals surface area contributed by atoms with Gasteiger partial charge in [-0.15, -0.1) is 0 Å². The Morgan fingerprint density at radius 2 is 1.41 bits per heavy atom. The van der Waals surface area contributed by atoms with Crippen molar-refractivity contribution in [3.05, 3.63) is 121 Å². The van der Waals surface area contributed by atoms with E-state index in [2.05, 4.69) is 9.98 Å². The molecule has 11 heteroatoms. The highest BCUT2D eigenvalue weighted by Gasteiger charge is 2.14. The van der Waals surface area contributed by atoms with Crippen molar-refractivity contribution in [1.29, 1.82) is 0 Å². The van der Waals surface area contributed by atoms with Gasteiger partial charge >= 0.3 is 5.69 Å². The summed E-state index contributed by atoms with van der Waals surface area (Å²) in [5.74, 6) is 0. The number of fused-ring (bicyclic) bond motifs is 3. The third-order valence-corrected chi connectivity index (χ3v) is 5.21. The van der Waals surface area contributed by atoms with Crippen LogP contribution in [0.15, 0.2) is 94.7 Å². The summed E-state index contributed by atoms with van der Waals surface area (Å²) in [6.07, 6.45) is 0. The van der Waals surface area contributed by atoms with Gasteiger partial charge in [0.2, 0.25) is 5.62 Å². The molecule has 3 aromatic carbocycles. The lowest BCUT2D eigenvalue weighted by Crippen LogP contribution is -2.38. The molecule has 0 aliphatic heterocycles. The number of nitro benzene ring substituents is 2. The Bertz CT molecular complexity index is 1720. The van der Waals surface area contributed by atoms with Gasteiger partial charge in [0.25, 0.3) is 11.4 Å². The fourth-order valence-corrected chi connectivity index (χ4v) is 3.61. The lowest BCUT2D eigenvalue weighted by Gasteiger charge is -2.08. The highest BCUT2D eigenvalue weighted by Crippen LogP contribution is 2.19. The van der Waals surface area contributed by atoms with Crippen LogP contribution < -0.4 is 11.3 Å². The van der Waals surface area contributed by atoms with E-state index in [9.17, 15) is 25.0 Å². The second-order valence-electron chi connectivity index (χ2n) is 7.28. The number of nitrogens with zero attached hydrogens (tertiary/aromatic N) is 6. The van der Waals surface area contributed by atoms with Gasteiger partial charge in [-0.05, 0) is 36.4 Å². The average molecular weight is 454 g/mol. The lowest BCUT2D eigenvalue weighted by atomic mass is 10.3. The molecule has 0 aliphatic rings. The second-order valence-corrected chi connectivity index (χ2v) is 7.28. The Hall–Kier alpha value is -5.19. The van der Waals surface area contributed by atoms with Crippen LogP contribution in [0.5, 0.6) is 0 Å². The Labute approximate surface area is 189 Å². The molecule has 0 amide bonds. The van der Waals surface area contributed by atoms with Crippen LogP contribution in [-0.4, -0.2) is 23.8 Å². The van der Waals surface area contributed by atoms with Gasteiger partial charge in [-0.3, -0.25) is 20.2 Å². The molecule has 0 N–H and O–H groups in total. The third kappa shape index (κ3) is 3.56. The zero-order valence-corrected chi connectivity index (χ0v) is 17.3. The average Bonchev–Trinajstić information content (AvgIpc) is 3.01. The molecule has 0 unspecified atom stereocenters.